The zero-order valence-electron chi connectivity index (χ0n) is 10.3. The van der Waals surface area contributed by atoms with Gasteiger partial charge in [0.2, 0.25) is 11.7 Å². The smallest absolute Gasteiger partial charge is 0.246 e. The van der Waals surface area contributed by atoms with Gasteiger partial charge in [0.05, 0.1) is 13.7 Å². The maximum atomic E-state index is 5.80. The highest BCUT2D eigenvalue weighted by Gasteiger charge is 2.15. The predicted octanol–water partition coefficient (Wildman–Crippen LogP) is 1.39. The summed E-state index contributed by atoms with van der Waals surface area (Å²) in [7, 11) is 3.19. The molecule has 0 aliphatic heterocycles. The van der Waals surface area contributed by atoms with Crippen LogP contribution in [0.4, 0.5) is 0 Å². The van der Waals surface area contributed by atoms with Crippen molar-refractivity contribution in [1.82, 2.24) is 10.1 Å². The van der Waals surface area contributed by atoms with Gasteiger partial charge < -0.3 is 19.7 Å². The Morgan fingerprint density at radius 1 is 1.28 bits per heavy atom. The number of rotatable bonds is 5. The summed E-state index contributed by atoms with van der Waals surface area (Å²) in [4.78, 5) is 4.23. The minimum absolute atomic E-state index is 0.338. The summed E-state index contributed by atoms with van der Waals surface area (Å²) in [6.07, 6.45) is 0. The van der Waals surface area contributed by atoms with Crippen molar-refractivity contribution in [2.75, 3.05) is 20.8 Å². The molecule has 1 aromatic heterocycles. The van der Waals surface area contributed by atoms with Gasteiger partial charge in [-0.3, -0.25) is 0 Å². The van der Waals surface area contributed by atoms with E-state index in [-0.39, 0.29) is 0 Å². The first kappa shape index (κ1) is 12.5. The molecule has 1 atom stereocenters. The largest absolute Gasteiger partial charge is 0.497 e. The maximum absolute atomic E-state index is 5.80. The lowest BCUT2D eigenvalue weighted by Gasteiger charge is -2.03. The van der Waals surface area contributed by atoms with Crippen molar-refractivity contribution in [2.24, 2.45) is 5.73 Å². The molecule has 2 aromatic rings. The third-order valence-corrected chi connectivity index (χ3v) is 2.45. The number of ether oxygens (including phenoxy) is 2. The molecule has 1 unspecified atom stereocenters. The van der Waals surface area contributed by atoms with Gasteiger partial charge in [-0.2, -0.15) is 4.98 Å². The van der Waals surface area contributed by atoms with E-state index < -0.39 is 6.04 Å². The molecule has 6 heteroatoms. The Morgan fingerprint density at radius 3 is 2.61 bits per heavy atom. The van der Waals surface area contributed by atoms with Crippen LogP contribution >= 0.6 is 0 Å². The van der Waals surface area contributed by atoms with Crippen molar-refractivity contribution < 1.29 is 14.0 Å². The normalized spacial score (nSPS) is 12.4. The monoisotopic (exact) mass is 249 g/mol. The Labute approximate surface area is 105 Å². The highest BCUT2D eigenvalue weighted by Crippen LogP contribution is 2.20. The zero-order chi connectivity index (χ0) is 13.0. The summed E-state index contributed by atoms with van der Waals surface area (Å²) in [6.45, 7) is 0.338. The Kier molecular flexibility index (Phi) is 3.91. The summed E-state index contributed by atoms with van der Waals surface area (Å²) >= 11 is 0. The van der Waals surface area contributed by atoms with Crippen molar-refractivity contribution in [3.63, 3.8) is 0 Å². The SMILES string of the molecule is COCC(N)c1nc(-c2ccc(OC)cc2)no1. The number of nitrogens with two attached hydrogens (primary N) is 1. The summed E-state index contributed by atoms with van der Waals surface area (Å²) in [5.41, 5.74) is 6.64. The third-order valence-electron chi connectivity index (χ3n) is 2.45. The van der Waals surface area contributed by atoms with Crippen LogP contribution in [0.1, 0.15) is 11.9 Å². The molecular weight excluding hydrogens is 234 g/mol. The lowest BCUT2D eigenvalue weighted by Crippen LogP contribution is -2.16. The van der Waals surface area contributed by atoms with Crippen LogP contribution < -0.4 is 10.5 Å². The van der Waals surface area contributed by atoms with Crippen LogP contribution in [-0.2, 0) is 4.74 Å². The molecule has 0 bridgehead atoms. The van der Waals surface area contributed by atoms with E-state index in [0.717, 1.165) is 11.3 Å². The molecule has 96 valence electrons. The lowest BCUT2D eigenvalue weighted by atomic mass is 10.2. The highest BCUT2D eigenvalue weighted by molar-refractivity contribution is 5.55. The van der Waals surface area contributed by atoms with Crippen LogP contribution in [0.15, 0.2) is 28.8 Å². The number of aromatic nitrogens is 2. The van der Waals surface area contributed by atoms with Gasteiger partial charge >= 0.3 is 0 Å². The number of hydrogen-bond acceptors (Lipinski definition) is 6. The Hall–Kier alpha value is -1.92. The molecule has 2 N–H and O–H groups in total. The van der Waals surface area contributed by atoms with Crippen molar-refractivity contribution in [2.45, 2.75) is 6.04 Å². The second-order valence-corrected chi connectivity index (χ2v) is 3.75. The second kappa shape index (κ2) is 5.61. The Morgan fingerprint density at radius 2 is 2.00 bits per heavy atom. The molecule has 0 fully saturated rings. The maximum Gasteiger partial charge on any atom is 0.246 e. The van der Waals surface area contributed by atoms with Crippen molar-refractivity contribution in [3.8, 4) is 17.1 Å². The van der Waals surface area contributed by atoms with Crippen LogP contribution in [0, 0.1) is 0 Å². The van der Waals surface area contributed by atoms with E-state index >= 15 is 0 Å². The van der Waals surface area contributed by atoms with Gasteiger partial charge in [0.15, 0.2) is 0 Å². The highest BCUT2D eigenvalue weighted by atomic mass is 16.5. The molecule has 0 amide bonds. The molecule has 18 heavy (non-hydrogen) atoms. The van der Waals surface area contributed by atoms with E-state index in [4.69, 9.17) is 19.7 Å². The zero-order valence-corrected chi connectivity index (χ0v) is 10.3. The quantitative estimate of drug-likeness (QED) is 0.862. The summed E-state index contributed by atoms with van der Waals surface area (Å²) in [5, 5.41) is 3.88. The van der Waals surface area contributed by atoms with Gasteiger partial charge in [-0.25, -0.2) is 0 Å². The van der Waals surface area contributed by atoms with Gasteiger partial charge in [-0.15, -0.1) is 0 Å². The standard InChI is InChI=1S/C12H15N3O3/c1-16-7-10(13)12-14-11(15-18-12)8-3-5-9(17-2)6-4-8/h3-6,10H,7,13H2,1-2H3. The number of benzene rings is 1. The lowest BCUT2D eigenvalue weighted by molar-refractivity contribution is 0.166. The molecule has 0 spiro atoms. The molecule has 2 rings (SSSR count). The van der Waals surface area contributed by atoms with Crippen molar-refractivity contribution in [3.05, 3.63) is 30.2 Å². The molecule has 0 aliphatic rings. The molecule has 0 radical (unpaired) electrons. The second-order valence-electron chi connectivity index (χ2n) is 3.75. The van der Waals surface area contributed by atoms with Crippen molar-refractivity contribution in [1.29, 1.82) is 0 Å². The van der Waals surface area contributed by atoms with Gasteiger partial charge in [0, 0.05) is 12.7 Å². The summed E-state index contributed by atoms with van der Waals surface area (Å²) in [6, 6.07) is 6.97. The molecular formula is C12H15N3O3. The van der Waals surface area contributed by atoms with Gasteiger partial charge in [-0.05, 0) is 24.3 Å². The minimum atomic E-state index is -0.408. The van der Waals surface area contributed by atoms with E-state index in [2.05, 4.69) is 10.1 Å². The topological polar surface area (TPSA) is 83.4 Å². The van der Waals surface area contributed by atoms with Crippen molar-refractivity contribution >= 4 is 0 Å². The van der Waals surface area contributed by atoms with Gasteiger partial charge in [0.1, 0.15) is 11.8 Å². The molecule has 0 aliphatic carbocycles. The van der Waals surface area contributed by atoms with Crippen LogP contribution in [0.5, 0.6) is 5.75 Å². The molecule has 0 saturated carbocycles. The predicted molar refractivity (Wildman–Crippen MR) is 65.1 cm³/mol. The third kappa shape index (κ3) is 2.66. The van der Waals surface area contributed by atoms with Gasteiger partial charge in [0.25, 0.3) is 0 Å². The fraction of sp³-hybridized carbons (Fsp3) is 0.333. The average Bonchev–Trinajstić information content (AvgIpc) is 2.89. The van der Waals surface area contributed by atoms with Crippen LogP contribution in [0.3, 0.4) is 0 Å². The molecule has 6 nitrogen and oxygen atoms in total. The van der Waals surface area contributed by atoms with E-state index in [1.165, 1.54) is 0 Å². The fourth-order valence-corrected chi connectivity index (χ4v) is 1.49. The van der Waals surface area contributed by atoms with Crippen LogP contribution in [0.2, 0.25) is 0 Å². The molecule has 0 saturated heterocycles. The van der Waals surface area contributed by atoms with E-state index in [0.29, 0.717) is 18.3 Å². The average molecular weight is 249 g/mol. The summed E-state index contributed by atoms with van der Waals surface area (Å²) in [5.74, 6) is 1.64. The first-order valence-electron chi connectivity index (χ1n) is 5.47. The fourth-order valence-electron chi connectivity index (χ4n) is 1.49. The van der Waals surface area contributed by atoms with Gasteiger partial charge in [-0.1, -0.05) is 5.16 Å². The van der Waals surface area contributed by atoms with E-state index in [1.807, 2.05) is 24.3 Å². The number of hydrogen-bond donors (Lipinski definition) is 1. The minimum Gasteiger partial charge on any atom is -0.497 e. The number of nitrogens with zero attached hydrogens (tertiary/aromatic N) is 2. The summed E-state index contributed by atoms with van der Waals surface area (Å²) < 4.78 is 15.1. The van der Waals surface area contributed by atoms with E-state index in [1.54, 1.807) is 14.2 Å². The number of methoxy groups -OCH3 is 2. The Bertz CT molecular complexity index is 496. The Balaban J connectivity index is 2.18. The molecule has 1 heterocycles. The van der Waals surface area contributed by atoms with E-state index in [9.17, 15) is 0 Å². The first-order valence-corrected chi connectivity index (χ1v) is 5.47. The first-order chi connectivity index (χ1) is 8.74. The van der Waals surface area contributed by atoms with Crippen LogP contribution in [0.25, 0.3) is 11.4 Å². The van der Waals surface area contributed by atoms with Crippen LogP contribution in [-0.4, -0.2) is 31.0 Å². The molecule has 1 aromatic carbocycles.